The van der Waals surface area contributed by atoms with Gasteiger partial charge in [-0.05, 0) is 37.4 Å². The molecule has 1 aliphatic rings. The maximum atomic E-state index is 11.4. The summed E-state index contributed by atoms with van der Waals surface area (Å²) < 4.78 is 5.08. The van der Waals surface area contributed by atoms with Gasteiger partial charge in [0.25, 0.3) is 0 Å². The number of nitrogens with zero attached hydrogens (tertiary/aromatic N) is 1. The second-order valence-corrected chi connectivity index (χ2v) is 5.35. The van der Waals surface area contributed by atoms with Gasteiger partial charge in [-0.25, -0.2) is 0 Å². The van der Waals surface area contributed by atoms with Crippen LogP contribution in [0.1, 0.15) is 30.9 Å². The van der Waals surface area contributed by atoms with E-state index in [-0.39, 0.29) is 0 Å². The van der Waals surface area contributed by atoms with Crippen molar-refractivity contribution in [3.63, 3.8) is 0 Å². The molecule has 1 heterocycles. The van der Waals surface area contributed by atoms with Crippen molar-refractivity contribution in [2.75, 3.05) is 13.7 Å². The molecule has 1 unspecified atom stereocenters. The number of ether oxygens (including phenoxy) is 1. The zero-order chi connectivity index (χ0) is 13.9. The molecule has 4 heteroatoms. The molecular formula is C15H21NO3. The van der Waals surface area contributed by atoms with Crippen LogP contribution >= 0.6 is 0 Å². The van der Waals surface area contributed by atoms with Crippen LogP contribution < -0.4 is 0 Å². The van der Waals surface area contributed by atoms with E-state index in [1.54, 1.807) is 7.11 Å². The van der Waals surface area contributed by atoms with Crippen LogP contribution in [0.5, 0.6) is 0 Å². The molecule has 0 saturated carbocycles. The Kier molecular flexibility index (Phi) is 4.22. The molecule has 0 bridgehead atoms. The van der Waals surface area contributed by atoms with Crippen molar-refractivity contribution in [2.24, 2.45) is 0 Å². The van der Waals surface area contributed by atoms with Crippen LogP contribution in [-0.2, 0) is 22.7 Å². The van der Waals surface area contributed by atoms with Crippen LogP contribution in [0.15, 0.2) is 24.3 Å². The third kappa shape index (κ3) is 2.96. The van der Waals surface area contributed by atoms with Gasteiger partial charge in [0, 0.05) is 13.7 Å². The van der Waals surface area contributed by atoms with Gasteiger partial charge < -0.3 is 9.84 Å². The molecule has 4 nitrogen and oxygen atoms in total. The quantitative estimate of drug-likeness (QED) is 0.885. The monoisotopic (exact) mass is 263 g/mol. The molecule has 2 rings (SSSR count). The van der Waals surface area contributed by atoms with E-state index in [1.807, 2.05) is 19.1 Å². The first kappa shape index (κ1) is 14.0. The molecule has 1 saturated heterocycles. The number of hydrogen-bond acceptors (Lipinski definition) is 3. The first-order valence-electron chi connectivity index (χ1n) is 6.61. The molecule has 19 heavy (non-hydrogen) atoms. The van der Waals surface area contributed by atoms with Crippen LogP contribution in [0.3, 0.4) is 0 Å². The summed E-state index contributed by atoms with van der Waals surface area (Å²) >= 11 is 0. The molecule has 0 aromatic heterocycles. The number of carboxylic acids is 1. The fourth-order valence-electron chi connectivity index (χ4n) is 2.64. The topological polar surface area (TPSA) is 49.8 Å². The highest BCUT2D eigenvalue weighted by molar-refractivity contribution is 5.78. The number of benzene rings is 1. The summed E-state index contributed by atoms with van der Waals surface area (Å²) in [6.45, 7) is 3.97. The number of carbonyl (C=O) groups is 1. The highest BCUT2D eigenvalue weighted by Crippen LogP contribution is 2.30. The Bertz CT molecular complexity index is 443. The van der Waals surface area contributed by atoms with Gasteiger partial charge in [0.05, 0.1) is 6.61 Å². The van der Waals surface area contributed by atoms with Gasteiger partial charge in [0.2, 0.25) is 0 Å². The first-order chi connectivity index (χ1) is 9.06. The SMILES string of the molecule is COCc1ccc(CN2CCCC2(C)C(=O)O)cc1. The van der Waals surface area contributed by atoms with Crippen molar-refractivity contribution in [3.8, 4) is 0 Å². The van der Waals surface area contributed by atoms with Crippen molar-refractivity contribution in [1.82, 2.24) is 4.90 Å². The first-order valence-corrected chi connectivity index (χ1v) is 6.61. The highest BCUT2D eigenvalue weighted by Gasteiger charge is 2.42. The number of aliphatic carboxylic acids is 1. The minimum Gasteiger partial charge on any atom is -0.480 e. The fourth-order valence-corrected chi connectivity index (χ4v) is 2.64. The Morgan fingerprint density at radius 3 is 2.58 bits per heavy atom. The van der Waals surface area contributed by atoms with Crippen molar-refractivity contribution >= 4 is 5.97 Å². The minimum atomic E-state index is -0.721. The average molecular weight is 263 g/mol. The molecule has 104 valence electrons. The van der Waals surface area contributed by atoms with Crippen molar-refractivity contribution in [3.05, 3.63) is 35.4 Å². The van der Waals surface area contributed by atoms with Crippen LogP contribution in [0, 0.1) is 0 Å². The van der Waals surface area contributed by atoms with Crippen molar-refractivity contribution < 1.29 is 14.6 Å². The maximum Gasteiger partial charge on any atom is 0.323 e. The summed E-state index contributed by atoms with van der Waals surface area (Å²) in [7, 11) is 1.68. The number of hydrogen-bond donors (Lipinski definition) is 1. The van der Waals surface area contributed by atoms with E-state index in [9.17, 15) is 9.90 Å². The predicted octanol–water partition coefficient (Wildman–Crippen LogP) is 2.27. The molecule has 0 aliphatic carbocycles. The van der Waals surface area contributed by atoms with Crippen molar-refractivity contribution in [2.45, 2.75) is 38.5 Å². The normalized spacial score (nSPS) is 23.7. The fraction of sp³-hybridized carbons (Fsp3) is 0.533. The van der Waals surface area contributed by atoms with E-state index in [2.05, 4.69) is 17.0 Å². The van der Waals surface area contributed by atoms with Gasteiger partial charge in [-0.15, -0.1) is 0 Å². The van der Waals surface area contributed by atoms with Gasteiger partial charge in [0.1, 0.15) is 5.54 Å². The van der Waals surface area contributed by atoms with Gasteiger partial charge in [-0.1, -0.05) is 24.3 Å². The largest absolute Gasteiger partial charge is 0.480 e. The maximum absolute atomic E-state index is 11.4. The molecular weight excluding hydrogens is 242 g/mol. The van der Waals surface area contributed by atoms with E-state index in [0.717, 1.165) is 30.5 Å². The van der Waals surface area contributed by atoms with Gasteiger partial charge in [0.15, 0.2) is 0 Å². The Morgan fingerprint density at radius 1 is 1.37 bits per heavy atom. The van der Waals surface area contributed by atoms with Crippen LogP contribution in [-0.4, -0.2) is 35.2 Å². The van der Waals surface area contributed by atoms with E-state index < -0.39 is 11.5 Å². The molecule has 1 fully saturated rings. The third-order valence-corrected chi connectivity index (χ3v) is 3.96. The number of carboxylic acid groups (broad SMARTS) is 1. The van der Waals surface area contributed by atoms with Crippen molar-refractivity contribution in [1.29, 1.82) is 0 Å². The van der Waals surface area contributed by atoms with E-state index in [4.69, 9.17) is 4.74 Å². The van der Waals surface area contributed by atoms with Gasteiger partial charge in [-0.2, -0.15) is 0 Å². The molecule has 1 aromatic carbocycles. The molecule has 0 spiro atoms. The summed E-state index contributed by atoms with van der Waals surface area (Å²) in [6, 6.07) is 8.17. The van der Waals surface area contributed by atoms with Gasteiger partial charge >= 0.3 is 5.97 Å². The summed E-state index contributed by atoms with van der Waals surface area (Å²) in [6.07, 6.45) is 1.68. The summed E-state index contributed by atoms with van der Waals surface area (Å²) in [4.78, 5) is 13.5. The zero-order valence-electron chi connectivity index (χ0n) is 11.6. The second kappa shape index (κ2) is 5.72. The standard InChI is InChI=1S/C15H21NO3/c1-15(14(17)18)8-3-9-16(15)10-12-4-6-13(7-5-12)11-19-2/h4-7H,3,8-11H2,1-2H3,(H,17,18). The lowest BCUT2D eigenvalue weighted by atomic mass is 9.98. The van der Waals surface area contributed by atoms with E-state index in [0.29, 0.717) is 13.2 Å². The minimum absolute atomic E-state index is 0.608. The average Bonchev–Trinajstić information content (AvgIpc) is 2.75. The molecule has 1 N–H and O–H groups in total. The lowest BCUT2D eigenvalue weighted by Crippen LogP contribution is -2.47. The lowest BCUT2D eigenvalue weighted by Gasteiger charge is -2.31. The van der Waals surface area contributed by atoms with Gasteiger partial charge in [-0.3, -0.25) is 9.69 Å². The third-order valence-electron chi connectivity index (χ3n) is 3.96. The molecule has 0 radical (unpaired) electrons. The Hall–Kier alpha value is -1.39. The van der Waals surface area contributed by atoms with Crippen LogP contribution in [0.25, 0.3) is 0 Å². The zero-order valence-corrected chi connectivity index (χ0v) is 11.6. The summed E-state index contributed by atoms with van der Waals surface area (Å²) in [5.74, 6) is -0.721. The van der Waals surface area contributed by atoms with E-state index in [1.165, 1.54) is 0 Å². The molecule has 1 aromatic rings. The summed E-state index contributed by atoms with van der Waals surface area (Å²) in [5, 5.41) is 9.38. The molecule has 1 atom stereocenters. The predicted molar refractivity (Wildman–Crippen MR) is 72.8 cm³/mol. The Morgan fingerprint density at radius 2 is 2.00 bits per heavy atom. The Labute approximate surface area is 114 Å². The highest BCUT2D eigenvalue weighted by atomic mass is 16.5. The molecule has 0 amide bonds. The Balaban J connectivity index is 2.06. The van der Waals surface area contributed by atoms with E-state index >= 15 is 0 Å². The number of likely N-dealkylation sites (tertiary alicyclic amines) is 1. The summed E-state index contributed by atoms with van der Waals surface area (Å²) in [5.41, 5.74) is 1.56. The lowest BCUT2D eigenvalue weighted by molar-refractivity contribution is -0.148. The smallest absolute Gasteiger partial charge is 0.323 e. The molecule has 1 aliphatic heterocycles. The number of methoxy groups -OCH3 is 1. The van der Waals surface area contributed by atoms with Crippen LogP contribution in [0.2, 0.25) is 0 Å². The second-order valence-electron chi connectivity index (χ2n) is 5.35. The van der Waals surface area contributed by atoms with Crippen LogP contribution in [0.4, 0.5) is 0 Å². The number of rotatable bonds is 5.